The van der Waals surface area contributed by atoms with Crippen LogP contribution in [-0.4, -0.2) is 47.7 Å². The SMILES string of the molecule is O=C1CCNC[C@@H]2C[C@@H](O)CN12. The Morgan fingerprint density at radius 2 is 2.42 bits per heavy atom. The molecule has 0 aromatic rings. The van der Waals surface area contributed by atoms with E-state index in [1.165, 1.54) is 0 Å². The topological polar surface area (TPSA) is 52.6 Å². The van der Waals surface area contributed by atoms with Gasteiger partial charge < -0.3 is 15.3 Å². The van der Waals surface area contributed by atoms with Crippen LogP contribution in [0.15, 0.2) is 0 Å². The summed E-state index contributed by atoms with van der Waals surface area (Å²) in [5, 5.41) is 12.5. The van der Waals surface area contributed by atoms with Gasteiger partial charge in [-0.3, -0.25) is 4.79 Å². The highest BCUT2D eigenvalue weighted by atomic mass is 16.3. The Kier molecular flexibility index (Phi) is 2.02. The number of nitrogens with zero attached hydrogens (tertiary/aromatic N) is 1. The first kappa shape index (κ1) is 8.01. The van der Waals surface area contributed by atoms with Crippen molar-refractivity contribution in [2.24, 2.45) is 0 Å². The summed E-state index contributed by atoms with van der Waals surface area (Å²) in [7, 11) is 0. The van der Waals surface area contributed by atoms with Crippen LogP contribution in [0.1, 0.15) is 12.8 Å². The van der Waals surface area contributed by atoms with Crippen LogP contribution < -0.4 is 5.32 Å². The molecule has 2 aliphatic heterocycles. The number of carbonyl (C=O) groups excluding carboxylic acids is 1. The molecule has 1 amide bonds. The molecule has 0 bridgehead atoms. The van der Waals surface area contributed by atoms with Gasteiger partial charge in [0.2, 0.25) is 5.91 Å². The summed E-state index contributed by atoms with van der Waals surface area (Å²) in [5.74, 6) is 0.182. The van der Waals surface area contributed by atoms with Crippen LogP contribution in [-0.2, 0) is 4.79 Å². The second-order valence-corrected chi connectivity index (χ2v) is 3.54. The van der Waals surface area contributed by atoms with E-state index in [9.17, 15) is 9.90 Å². The van der Waals surface area contributed by atoms with E-state index in [0.717, 1.165) is 19.5 Å². The highest BCUT2D eigenvalue weighted by Gasteiger charge is 2.34. The van der Waals surface area contributed by atoms with Gasteiger partial charge in [-0.15, -0.1) is 0 Å². The number of carbonyl (C=O) groups is 1. The molecule has 4 nitrogen and oxygen atoms in total. The Balaban J connectivity index is 2.09. The smallest absolute Gasteiger partial charge is 0.224 e. The molecule has 2 N–H and O–H groups in total. The summed E-state index contributed by atoms with van der Waals surface area (Å²) in [4.78, 5) is 13.2. The molecule has 0 spiro atoms. The lowest BCUT2D eigenvalue weighted by Gasteiger charge is -2.20. The average Bonchev–Trinajstić information content (AvgIpc) is 2.33. The average molecular weight is 170 g/mol. The quantitative estimate of drug-likeness (QED) is 0.487. The van der Waals surface area contributed by atoms with Gasteiger partial charge in [0.25, 0.3) is 0 Å². The van der Waals surface area contributed by atoms with Gasteiger partial charge in [0, 0.05) is 32.1 Å². The minimum atomic E-state index is -0.307. The largest absolute Gasteiger partial charge is 0.391 e. The normalized spacial score (nSPS) is 36.4. The van der Waals surface area contributed by atoms with Crippen molar-refractivity contribution in [2.75, 3.05) is 19.6 Å². The van der Waals surface area contributed by atoms with Crippen LogP contribution in [0.4, 0.5) is 0 Å². The molecule has 4 heteroatoms. The Labute approximate surface area is 71.5 Å². The third-order valence-electron chi connectivity index (χ3n) is 2.61. The van der Waals surface area contributed by atoms with Crippen molar-refractivity contribution < 1.29 is 9.90 Å². The molecule has 0 unspecified atom stereocenters. The van der Waals surface area contributed by atoms with Gasteiger partial charge in [-0.05, 0) is 6.42 Å². The third kappa shape index (κ3) is 1.32. The number of rotatable bonds is 0. The minimum Gasteiger partial charge on any atom is -0.391 e. The number of hydrogen-bond acceptors (Lipinski definition) is 3. The lowest BCUT2D eigenvalue weighted by atomic mass is 10.2. The fourth-order valence-corrected chi connectivity index (χ4v) is 2.00. The molecule has 0 saturated carbocycles. The maximum Gasteiger partial charge on any atom is 0.224 e. The fraction of sp³-hybridized carbons (Fsp3) is 0.875. The number of amides is 1. The molecule has 0 aromatic heterocycles. The van der Waals surface area contributed by atoms with E-state index in [4.69, 9.17) is 0 Å². The summed E-state index contributed by atoms with van der Waals surface area (Å²) < 4.78 is 0. The molecule has 2 saturated heterocycles. The second kappa shape index (κ2) is 3.03. The Hall–Kier alpha value is -0.610. The lowest BCUT2D eigenvalue weighted by Crippen LogP contribution is -2.37. The molecule has 0 aromatic carbocycles. The standard InChI is InChI=1S/C8H14N2O2/c11-7-3-6-4-9-2-1-8(12)10(6)5-7/h6-7,9,11H,1-5H2/t6-,7+/m0/s1. The number of hydrogen-bond donors (Lipinski definition) is 2. The summed E-state index contributed by atoms with van der Waals surface area (Å²) in [5.41, 5.74) is 0. The van der Waals surface area contributed by atoms with Crippen LogP contribution in [0.3, 0.4) is 0 Å². The molecule has 68 valence electrons. The predicted molar refractivity (Wildman–Crippen MR) is 43.6 cm³/mol. The van der Waals surface area contributed by atoms with Gasteiger partial charge in [-0.25, -0.2) is 0 Å². The van der Waals surface area contributed by atoms with Crippen LogP contribution >= 0.6 is 0 Å². The summed E-state index contributed by atoms with van der Waals surface area (Å²) in [6, 6.07) is 0.231. The van der Waals surface area contributed by atoms with Crippen LogP contribution in [0, 0.1) is 0 Å². The molecule has 2 aliphatic rings. The van der Waals surface area contributed by atoms with Crippen LogP contribution in [0.2, 0.25) is 0 Å². The van der Waals surface area contributed by atoms with Crippen molar-refractivity contribution in [3.8, 4) is 0 Å². The van der Waals surface area contributed by atoms with Gasteiger partial charge in [0.1, 0.15) is 0 Å². The van der Waals surface area contributed by atoms with Crippen molar-refractivity contribution in [2.45, 2.75) is 25.0 Å². The van der Waals surface area contributed by atoms with Gasteiger partial charge in [0.05, 0.1) is 6.10 Å². The number of aliphatic hydroxyl groups excluding tert-OH is 1. The van der Waals surface area contributed by atoms with E-state index < -0.39 is 0 Å². The van der Waals surface area contributed by atoms with Crippen LogP contribution in [0.5, 0.6) is 0 Å². The molecule has 2 atom stereocenters. The zero-order valence-electron chi connectivity index (χ0n) is 6.99. The summed E-state index contributed by atoms with van der Waals surface area (Å²) in [6.07, 6.45) is 1.00. The zero-order valence-corrected chi connectivity index (χ0v) is 6.99. The van der Waals surface area contributed by atoms with Crippen molar-refractivity contribution >= 4 is 5.91 Å². The van der Waals surface area contributed by atoms with Gasteiger partial charge in [-0.1, -0.05) is 0 Å². The molecule has 2 fully saturated rings. The van der Waals surface area contributed by atoms with Crippen molar-refractivity contribution in [1.29, 1.82) is 0 Å². The van der Waals surface area contributed by atoms with Gasteiger partial charge in [-0.2, -0.15) is 0 Å². The van der Waals surface area contributed by atoms with E-state index in [2.05, 4.69) is 5.32 Å². The van der Waals surface area contributed by atoms with Crippen molar-refractivity contribution in [3.05, 3.63) is 0 Å². The molecule has 2 heterocycles. The molecular formula is C8H14N2O2. The predicted octanol–water partition coefficient (Wildman–Crippen LogP) is -1.06. The molecule has 2 rings (SSSR count). The van der Waals surface area contributed by atoms with E-state index in [-0.39, 0.29) is 18.1 Å². The van der Waals surface area contributed by atoms with E-state index in [1.807, 2.05) is 4.90 Å². The minimum absolute atomic E-state index is 0.182. The van der Waals surface area contributed by atoms with Crippen LogP contribution in [0.25, 0.3) is 0 Å². The first-order valence-electron chi connectivity index (χ1n) is 4.45. The highest BCUT2D eigenvalue weighted by Crippen LogP contribution is 2.19. The Morgan fingerprint density at radius 3 is 3.25 bits per heavy atom. The molecular weight excluding hydrogens is 156 g/mol. The zero-order chi connectivity index (χ0) is 8.55. The van der Waals surface area contributed by atoms with Crippen molar-refractivity contribution in [3.63, 3.8) is 0 Å². The van der Waals surface area contributed by atoms with Gasteiger partial charge >= 0.3 is 0 Å². The van der Waals surface area contributed by atoms with E-state index >= 15 is 0 Å². The number of nitrogens with one attached hydrogen (secondary N) is 1. The summed E-state index contributed by atoms with van der Waals surface area (Å²) >= 11 is 0. The van der Waals surface area contributed by atoms with Gasteiger partial charge in [0.15, 0.2) is 0 Å². The number of aliphatic hydroxyl groups is 1. The molecule has 12 heavy (non-hydrogen) atoms. The third-order valence-corrected chi connectivity index (χ3v) is 2.61. The Bertz CT molecular complexity index is 195. The van der Waals surface area contributed by atoms with Crippen molar-refractivity contribution in [1.82, 2.24) is 10.2 Å². The highest BCUT2D eigenvalue weighted by molar-refractivity contribution is 5.77. The first-order valence-corrected chi connectivity index (χ1v) is 4.45. The summed E-state index contributed by atoms with van der Waals surface area (Å²) in [6.45, 7) is 2.15. The first-order chi connectivity index (χ1) is 5.77. The van der Waals surface area contributed by atoms with E-state index in [1.54, 1.807) is 0 Å². The second-order valence-electron chi connectivity index (χ2n) is 3.54. The maximum absolute atomic E-state index is 11.4. The number of fused-ring (bicyclic) bond motifs is 1. The maximum atomic E-state index is 11.4. The van der Waals surface area contributed by atoms with E-state index in [0.29, 0.717) is 13.0 Å². The fourth-order valence-electron chi connectivity index (χ4n) is 2.00. The monoisotopic (exact) mass is 170 g/mol. The molecule has 0 radical (unpaired) electrons. The molecule has 0 aliphatic carbocycles. The lowest BCUT2D eigenvalue weighted by molar-refractivity contribution is -0.131. The Morgan fingerprint density at radius 1 is 1.58 bits per heavy atom.